The van der Waals surface area contributed by atoms with E-state index in [-0.39, 0.29) is 5.97 Å². The van der Waals surface area contributed by atoms with E-state index in [1.54, 1.807) is 0 Å². The first-order valence-electron chi connectivity index (χ1n) is 7.65. The first-order valence-corrected chi connectivity index (χ1v) is 7.65. The van der Waals surface area contributed by atoms with Crippen LogP contribution in [0, 0.1) is 0 Å². The standard InChI is InChI=1S/C15H30N2O2/c1-5-17(4)12-8-7-11-15(3,14(18)19-6-2)16-13-9-10-13/h13,16H,5-12H2,1-4H3. The van der Waals surface area contributed by atoms with E-state index in [1.807, 2.05) is 13.8 Å². The third-order valence-electron chi connectivity index (χ3n) is 3.83. The predicted octanol–water partition coefficient (Wildman–Crippen LogP) is 2.18. The third-order valence-corrected chi connectivity index (χ3v) is 3.83. The monoisotopic (exact) mass is 270 g/mol. The number of hydrogen-bond acceptors (Lipinski definition) is 4. The minimum absolute atomic E-state index is 0.0919. The van der Waals surface area contributed by atoms with Gasteiger partial charge in [-0.05, 0) is 66.1 Å². The van der Waals surface area contributed by atoms with Gasteiger partial charge >= 0.3 is 5.97 Å². The van der Waals surface area contributed by atoms with Crippen molar-refractivity contribution in [2.75, 3.05) is 26.7 Å². The molecule has 0 spiro atoms. The molecule has 0 saturated heterocycles. The Morgan fingerprint density at radius 2 is 2.05 bits per heavy atom. The largest absolute Gasteiger partial charge is 0.465 e. The van der Waals surface area contributed by atoms with Crippen molar-refractivity contribution in [2.24, 2.45) is 0 Å². The van der Waals surface area contributed by atoms with Crippen molar-refractivity contribution >= 4 is 5.97 Å². The van der Waals surface area contributed by atoms with Crippen molar-refractivity contribution in [1.29, 1.82) is 0 Å². The summed E-state index contributed by atoms with van der Waals surface area (Å²) in [6.07, 6.45) is 5.42. The van der Waals surface area contributed by atoms with E-state index in [0.717, 1.165) is 32.4 Å². The van der Waals surface area contributed by atoms with Gasteiger partial charge in [0.15, 0.2) is 0 Å². The summed E-state index contributed by atoms with van der Waals surface area (Å²) in [4.78, 5) is 14.4. The van der Waals surface area contributed by atoms with Gasteiger partial charge in [0.05, 0.1) is 6.61 Å². The van der Waals surface area contributed by atoms with Crippen LogP contribution in [0.5, 0.6) is 0 Å². The Kier molecular flexibility index (Phi) is 6.80. The maximum atomic E-state index is 12.1. The molecule has 0 radical (unpaired) electrons. The molecule has 0 aliphatic heterocycles. The van der Waals surface area contributed by atoms with Gasteiger partial charge in [0, 0.05) is 6.04 Å². The molecule has 0 amide bonds. The van der Waals surface area contributed by atoms with Gasteiger partial charge in [-0.25, -0.2) is 0 Å². The summed E-state index contributed by atoms with van der Waals surface area (Å²) in [5, 5.41) is 3.47. The predicted molar refractivity (Wildman–Crippen MR) is 78.2 cm³/mol. The number of rotatable bonds is 10. The van der Waals surface area contributed by atoms with Crippen molar-refractivity contribution in [2.45, 2.75) is 64.5 Å². The van der Waals surface area contributed by atoms with Crippen LogP contribution >= 0.6 is 0 Å². The lowest BCUT2D eigenvalue weighted by Gasteiger charge is -2.29. The maximum absolute atomic E-state index is 12.1. The zero-order chi connectivity index (χ0) is 14.3. The molecule has 1 atom stereocenters. The highest BCUT2D eigenvalue weighted by molar-refractivity contribution is 5.80. The van der Waals surface area contributed by atoms with Gasteiger partial charge < -0.3 is 9.64 Å². The zero-order valence-corrected chi connectivity index (χ0v) is 13.0. The quantitative estimate of drug-likeness (QED) is 0.488. The van der Waals surface area contributed by atoms with E-state index in [0.29, 0.717) is 12.6 Å². The molecule has 0 aromatic heterocycles. The van der Waals surface area contributed by atoms with Crippen LogP contribution in [0.3, 0.4) is 0 Å². The highest BCUT2D eigenvalue weighted by Gasteiger charge is 2.38. The Bertz CT molecular complexity index is 279. The average molecular weight is 270 g/mol. The molecule has 1 aliphatic rings. The van der Waals surface area contributed by atoms with Gasteiger partial charge in [0.2, 0.25) is 0 Å². The molecule has 1 fully saturated rings. The summed E-state index contributed by atoms with van der Waals surface area (Å²) in [6, 6.07) is 0.521. The molecule has 1 rings (SSSR count). The zero-order valence-electron chi connectivity index (χ0n) is 13.0. The molecule has 4 nitrogen and oxygen atoms in total. The Morgan fingerprint density at radius 1 is 1.37 bits per heavy atom. The van der Waals surface area contributed by atoms with Crippen LogP contribution in [0.2, 0.25) is 0 Å². The lowest BCUT2D eigenvalue weighted by atomic mass is 9.94. The van der Waals surface area contributed by atoms with E-state index in [1.165, 1.54) is 12.8 Å². The second-order valence-electron chi connectivity index (χ2n) is 5.82. The molecule has 4 heteroatoms. The first-order chi connectivity index (χ1) is 9.01. The smallest absolute Gasteiger partial charge is 0.326 e. The lowest BCUT2D eigenvalue weighted by molar-refractivity contribution is -0.151. The molecule has 0 aromatic rings. The molecule has 0 aromatic carbocycles. The number of nitrogens with one attached hydrogen (secondary N) is 1. The average Bonchev–Trinajstić information content (AvgIpc) is 3.18. The topological polar surface area (TPSA) is 41.6 Å². The van der Waals surface area contributed by atoms with E-state index in [4.69, 9.17) is 4.74 Å². The number of nitrogens with zero attached hydrogens (tertiary/aromatic N) is 1. The number of carbonyl (C=O) groups excluding carboxylic acids is 1. The molecule has 0 bridgehead atoms. The second kappa shape index (κ2) is 7.85. The van der Waals surface area contributed by atoms with E-state index in [2.05, 4.69) is 24.2 Å². The summed E-state index contributed by atoms with van der Waals surface area (Å²) in [6.45, 7) is 8.66. The van der Waals surface area contributed by atoms with Gasteiger partial charge in [-0.15, -0.1) is 0 Å². The molecule has 1 unspecified atom stereocenters. The Hall–Kier alpha value is -0.610. The highest BCUT2D eigenvalue weighted by Crippen LogP contribution is 2.26. The Balaban J connectivity index is 2.37. The summed E-state index contributed by atoms with van der Waals surface area (Å²) >= 11 is 0. The number of ether oxygens (including phenoxy) is 1. The maximum Gasteiger partial charge on any atom is 0.326 e. The van der Waals surface area contributed by atoms with Crippen molar-refractivity contribution in [1.82, 2.24) is 10.2 Å². The van der Waals surface area contributed by atoms with Crippen LogP contribution in [0.1, 0.15) is 52.9 Å². The molecule has 19 heavy (non-hydrogen) atoms. The van der Waals surface area contributed by atoms with Crippen molar-refractivity contribution in [3.63, 3.8) is 0 Å². The molecule has 112 valence electrons. The summed E-state index contributed by atoms with van der Waals surface area (Å²) in [5.74, 6) is -0.0919. The fourth-order valence-corrected chi connectivity index (χ4v) is 2.22. The second-order valence-corrected chi connectivity index (χ2v) is 5.82. The minimum Gasteiger partial charge on any atom is -0.465 e. The van der Waals surface area contributed by atoms with Crippen LogP contribution < -0.4 is 5.32 Å². The Labute approximate surface area is 117 Å². The van der Waals surface area contributed by atoms with Crippen LogP contribution in [-0.2, 0) is 9.53 Å². The minimum atomic E-state index is -0.498. The SMILES string of the molecule is CCOC(=O)C(C)(CCCCN(C)CC)NC1CC1. The number of hydrogen-bond donors (Lipinski definition) is 1. The van der Waals surface area contributed by atoms with Crippen molar-refractivity contribution < 1.29 is 9.53 Å². The molecular formula is C15H30N2O2. The molecule has 1 aliphatic carbocycles. The van der Waals surface area contributed by atoms with Gasteiger partial charge in [0.25, 0.3) is 0 Å². The van der Waals surface area contributed by atoms with Crippen molar-refractivity contribution in [3.8, 4) is 0 Å². The van der Waals surface area contributed by atoms with Gasteiger partial charge in [0.1, 0.15) is 5.54 Å². The number of carbonyl (C=O) groups is 1. The number of unbranched alkanes of at least 4 members (excludes halogenated alkanes) is 1. The Morgan fingerprint density at radius 3 is 2.58 bits per heavy atom. The molecule has 0 heterocycles. The lowest BCUT2D eigenvalue weighted by Crippen LogP contribution is -2.51. The molecule has 1 saturated carbocycles. The summed E-state index contributed by atoms with van der Waals surface area (Å²) < 4.78 is 5.22. The van der Waals surface area contributed by atoms with E-state index < -0.39 is 5.54 Å². The summed E-state index contributed by atoms with van der Waals surface area (Å²) in [5.41, 5.74) is -0.498. The first kappa shape index (κ1) is 16.4. The highest BCUT2D eigenvalue weighted by atomic mass is 16.5. The van der Waals surface area contributed by atoms with Gasteiger partial charge in [-0.1, -0.05) is 6.92 Å². The summed E-state index contributed by atoms with van der Waals surface area (Å²) in [7, 11) is 2.13. The van der Waals surface area contributed by atoms with Crippen LogP contribution in [0.25, 0.3) is 0 Å². The van der Waals surface area contributed by atoms with E-state index >= 15 is 0 Å². The van der Waals surface area contributed by atoms with Crippen LogP contribution in [0.15, 0.2) is 0 Å². The van der Waals surface area contributed by atoms with Gasteiger partial charge in [-0.2, -0.15) is 0 Å². The molecular weight excluding hydrogens is 240 g/mol. The fourth-order valence-electron chi connectivity index (χ4n) is 2.22. The van der Waals surface area contributed by atoms with E-state index in [9.17, 15) is 4.79 Å². The fraction of sp³-hybridized carbons (Fsp3) is 0.933. The normalized spacial score (nSPS) is 18.4. The van der Waals surface area contributed by atoms with Crippen molar-refractivity contribution in [3.05, 3.63) is 0 Å². The third kappa shape index (κ3) is 5.91. The van der Waals surface area contributed by atoms with Crippen LogP contribution in [0.4, 0.5) is 0 Å². The van der Waals surface area contributed by atoms with Gasteiger partial charge in [-0.3, -0.25) is 10.1 Å². The number of esters is 1. The molecule has 1 N–H and O–H groups in total. The van der Waals surface area contributed by atoms with Crippen LogP contribution in [-0.4, -0.2) is 49.2 Å².